The molecule has 0 unspecified atom stereocenters. The largest absolute Gasteiger partial charge is 0.478 e. The van der Waals surface area contributed by atoms with Crippen LogP contribution in [0.4, 0.5) is 0 Å². The van der Waals surface area contributed by atoms with E-state index in [9.17, 15) is 9.90 Å². The molecule has 0 aliphatic carbocycles. The quantitative estimate of drug-likeness (QED) is 0.786. The van der Waals surface area contributed by atoms with Crippen LogP contribution in [0.25, 0.3) is 21.9 Å². The molecule has 0 aliphatic rings. The van der Waals surface area contributed by atoms with Crippen LogP contribution in [0.1, 0.15) is 10.4 Å². The standard InChI is InChI=1S/C17H16N2O3/c1-22-7-6-19-11-14(10-18-19)15-8-12-4-2-3-5-13(12)9-16(15)17(20)21/h2-5,8-11H,6-7H2,1H3,(H,20,21). The van der Waals surface area contributed by atoms with E-state index in [0.717, 1.165) is 16.3 Å². The third kappa shape index (κ3) is 2.71. The molecule has 3 aromatic rings. The zero-order valence-corrected chi connectivity index (χ0v) is 12.2. The fourth-order valence-corrected chi connectivity index (χ4v) is 2.47. The molecule has 0 atom stereocenters. The van der Waals surface area contributed by atoms with E-state index in [1.807, 2.05) is 36.5 Å². The molecule has 5 nitrogen and oxygen atoms in total. The molecule has 0 aliphatic heterocycles. The Balaban J connectivity index is 2.10. The average Bonchev–Trinajstić information content (AvgIpc) is 3.00. The lowest BCUT2D eigenvalue weighted by Gasteiger charge is -2.07. The van der Waals surface area contributed by atoms with Crippen LogP contribution in [0.15, 0.2) is 48.8 Å². The van der Waals surface area contributed by atoms with Crippen LogP contribution in [0.5, 0.6) is 0 Å². The van der Waals surface area contributed by atoms with E-state index < -0.39 is 5.97 Å². The molecular weight excluding hydrogens is 280 g/mol. The predicted octanol–water partition coefficient (Wildman–Crippen LogP) is 3.05. The van der Waals surface area contributed by atoms with Gasteiger partial charge in [-0.05, 0) is 28.5 Å². The zero-order chi connectivity index (χ0) is 15.5. The van der Waals surface area contributed by atoms with Gasteiger partial charge >= 0.3 is 5.97 Å². The molecule has 0 bridgehead atoms. The highest BCUT2D eigenvalue weighted by Gasteiger charge is 2.14. The number of methoxy groups -OCH3 is 1. The highest BCUT2D eigenvalue weighted by Crippen LogP contribution is 2.28. The highest BCUT2D eigenvalue weighted by molar-refractivity contribution is 6.02. The summed E-state index contributed by atoms with van der Waals surface area (Å²) in [5.74, 6) is -0.939. The lowest BCUT2D eigenvalue weighted by Crippen LogP contribution is -2.04. The van der Waals surface area contributed by atoms with Crippen molar-refractivity contribution in [3.63, 3.8) is 0 Å². The maximum Gasteiger partial charge on any atom is 0.336 e. The van der Waals surface area contributed by atoms with Gasteiger partial charge < -0.3 is 9.84 Å². The van der Waals surface area contributed by atoms with Gasteiger partial charge in [-0.15, -0.1) is 0 Å². The lowest BCUT2D eigenvalue weighted by atomic mass is 9.97. The third-order valence-electron chi connectivity index (χ3n) is 3.59. The maximum atomic E-state index is 11.6. The van der Waals surface area contributed by atoms with Crippen molar-refractivity contribution in [2.45, 2.75) is 6.54 Å². The number of carboxylic acid groups (broad SMARTS) is 1. The Kier molecular flexibility index (Phi) is 3.89. The van der Waals surface area contributed by atoms with Gasteiger partial charge in [-0.3, -0.25) is 4.68 Å². The van der Waals surface area contributed by atoms with Crippen molar-refractivity contribution >= 4 is 16.7 Å². The summed E-state index contributed by atoms with van der Waals surface area (Å²) in [5.41, 5.74) is 1.75. The number of aromatic carboxylic acids is 1. The molecule has 1 N–H and O–H groups in total. The summed E-state index contributed by atoms with van der Waals surface area (Å²) in [6.07, 6.45) is 3.53. The number of hydrogen-bond acceptors (Lipinski definition) is 3. The van der Waals surface area contributed by atoms with Gasteiger partial charge in [0.15, 0.2) is 0 Å². The maximum absolute atomic E-state index is 11.6. The molecule has 2 aromatic carbocycles. The highest BCUT2D eigenvalue weighted by atomic mass is 16.5. The second-order valence-electron chi connectivity index (χ2n) is 5.03. The van der Waals surface area contributed by atoms with E-state index in [-0.39, 0.29) is 5.56 Å². The Morgan fingerprint density at radius 2 is 2.00 bits per heavy atom. The first-order valence-corrected chi connectivity index (χ1v) is 6.97. The fraction of sp³-hybridized carbons (Fsp3) is 0.176. The topological polar surface area (TPSA) is 64.3 Å². The molecule has 1 aromatic heterocycles. The molecule has 1 heterocycles. The molecule has 0 spiro atoms. The summed E-state index contributed by atoms with van der Waals surface area (Å²) in [6, 6.07) is 11.3. The van der Waals surface area contributed by atoms with Crippen LogP contribution in [-0.2, 0) is 11.3 Å². The van der Waals surface area contributed by atoms with Crippen LogP contribution in [0, 0.1) is 0 Å². The number of hydrogen-bond donors (Lipinski definition) is 1. The molecular formula is C17H16N2O3. The van der Waals surface area contributed by atoms with Crippen molar-refractivity contribution in [3.8, 4) is 11.1 Å². The van der Waals surface area contributed by atoms with Gasteiger partial charge in [0.05, 0.1) is 24.9 Å². The second-order valence-corrected chi connectivity index (χ2v) is 5.03. The number of fused-ring (bicyclic) bond motifs is 1. The van der Waals surface area contributed by atoms with Gasteiger partial charge in [-0.1, -0.05) is 24.3 Å². The summed E-state index contributed by atoms with van der Waals surface area (Å²) in [5, 5.41) is 15.7. The van der Waals surface area contributed by atoms with Gasteiger partial charge in [-0.25, -0.2) is 4.79 Å². The van der Waals surface area contributed by atoms with Gasteiger partial charge in [0, 0.05) is 18.9 Å². The van der Waals surface area contributed by atoms with E-state index in [0.29, 0.717) is 18.7 Å². The average molecular weight is 296 g/mol. The van der Waals surface area contributed by atoms with E-state index in [2.05, 4.69) is 5.10 Å². The first-order chi connectivity index (χ1) is 10.7. The third-order valence-corrected chi connectivity index (χ3v) is 3.59. The number of carbonyl (C=O) groups is 1. The summed E-state index contributed by atoms with van der Waals surface area (Å²) < 4.78 is 6.78. The number of nitrogens with zero attached hydrogens (tertiary/aromatic N) is 2. The van der Waals surface area contributed by atoms with E-state index in [1.54, 1.807) is 24.1 Å². The second kappa shape index (κ2) is 5.99. The monoisotopic (exact) mass is 296 g/mol. The van der Waals surface area contributed by atoms with Gasteiger partial charge in [-0.2, -0.15) is 5.10 Å². The molecule has 112 valence electrons. The summed E-state index contributed by atoms with van der Waals surface area (Å²) in [6.45, 7) is 1.19. The number of carboxylic acids is 1. The Hall–Kier alpha value is -2.66. The minimum absolute atomic E-state index is 0.282. The first kappa shape index (κ1) is 14.3. The number of ether oxygens (including phenoxy) is 1. The van der Waals surface area contributed by atoms with Crippen molar-refractivity contribution in [2.75, 3.05) is 13.7 Å². The molecule has 0 radical (unpaired) electrons. The number of aromatic nitrogens is 2. The Bertz CT molecular complexity index is 824. The number of rotatable bonds is 5. The van der Waals surface area contributed by atoms with Crippen LogP contribution >= 0.6 is 0 Å². The smallest absolute Gasteiger partial charge is 0.336 e. The van der Waals surface area contributed by atoms with E-state index in [1.165, 1.54) is 0 Å². The summed E-state index contributed by atoms with van der Waals surface area (Å²) >= 11 is 0. The molecule has 22 heavy (non-hydrogen) atoms. The molecule has 0 saturated heterocycles. The Labute approximate surface area is 127 Å². The van der Waals surface area contributed by atoms with E-state index in [4.69, 9.17) is 4.74 Å². The first-order valence-electron chi connectivity index (χ1n) is 6.97. The fourth-order valence-electron chi connectivity index (χ4n) is 2.47. The molecule has 5 heteroatoms. The van der Waals surface area contributed by atoms with Crippen molar-refractivity contribution in [2.24, 2.45) is 0 Å². The molecule has 3 rings (SSSR count). The zero-order valence-electron chi connectivity index (χ0n) is 12.2. The van der Waals surface area contributed by atoms with Gasteiger partial charge in [0.1, 0.15) is 0 Å². The Morgan fingerprint density at radius 1 is 1.27 bits per heavy atom. The van der Waals surface area contributed by atoms with Crippen LogP contribution in [-0.4, -0.2) is 34.6 Å². The minimum Gasteiger partial charge on any atom is -0.478 e. The van der Waals surface area contributed by atoms with Gasteiger partial charge in [0.25, 0.3) is 0 Å². The van der Waals surface area contributed by atoms with Crippen molar-refractivity contribution < 1.29 is 14.6 Å². The van der Waals surface area contributed by atoms with Crippen molar-refractivity contribution in [1.82, 2.24) is 9.78 Å². The van der Waals surface area contributed by atoms with Crippen LogP contribution in [0.3, 0.4) is 0 Å². The summed E-state index contributed by atoms with van der Waals surface area (Å²) in [7, 11) is 1.64. The van der Waals surface area contributed by atoms with Crippen molar-refractivity contribution in [3.05, 3.63) is 54.4 Å². The number of benzene rings is 2. The van der Waals surface area contributed by atoms with Gasteiger partial charge in [0.2, 0.25) is 0 Å². The molecule has 0 saturated carbocycles. The van der Waals surface area contributed by atoms with E-state index >= 15 is 0 Å². The normalized spacial score (nSPS) is 11.0. The van der Waals surface area contributed by atoms with Crippen LogP contribution in [0.2, 0.25) is 0 Å². The molecule has 0 fully saturated rings. The predicted molar refractivity (Wildman–Crippen MR) is 84.0 cm³/mol. The minimum atomic E-state index is -0.939. The molecule has 0 amide bonds. The van der Waals surface area contributed by atoms with Crippen molar-refractivity contribution in [1.29, 1.82) is 0 Å². The van der Waals surface area contributed by atoms with Crippen LogP contribution < -0.4 is 0 Å². The lowest BCUT2D eigenvalue weighted by molar-refractivity contribution is 0.0698. The Morgan fingerprint density at radius 3 is 2.68 bits per heavy atom. The summed E-state index contributed by atoms with van der Waals surface area (Å²) in [4.78, 5) is 11.6. The SMILES string of the molecule is COCCn1cc(-c2cc3ccccc3cc2C(=O)O)cn1.